The van der Waals surface area contributed by atoms with E-state index in [9.17, 15) is 33.0 Å². The number of methoxy groups -OCH3 is 1. The van der Waals surface area contributed by atoms with E-state index in [2.05, 4.69) is 0 Å². The van der Waals surface area contributed by atoms with E-state index in [1.54, 1.807) is 19.1 Å². The van der Waals surface area contributed by atoms with Crippen molar-refractivity contribution in [3.8, 4) is 11.5 Å². The fourth-order valence-electron chi connectivity index (χ4n) is 3.06. The molecular formula is C21H22O10S. The van der Waals surface area contributed by atoms with Crippen molar-refractivity contribution in [3.63, 3.8) is 0 Å². The number of benzene rings is 2. The van der Waals surface area contributed by atoms with Gasteiger partial charge < -0.3 is 24.2 Å². The van der Waals surface area contributed by atoms with Gasteiger partial charge in [-0.25, -0.2) is 0 Å². The Morgan fingerprint density at radius 1 is 0.969 bits per heavy atom. The van der Waals surface area contributed by atoms with Gasteiger partial charge in [0.25, 0.3) is 0 Å². The van der Waals surface area contributed by atoms with Crippen LogP contribution in [0.25, 0.3) is 0 Å². The highest BCUT2D eigenvalue weighted by molar-refractivity contribution is 7.87. The van der Waals surface area contributed by atoms with Crippen molar-refractivity contribution in [1.29, 1.82) is 0 Å². The Balaban J connectivity index is 2.73. The van der Waals surface area contributed by atoms with Gasteiger partial charge in [-0.05, 0) is 37.1 Å². The Labute approximate surface area is 184 Å². The lowest BCUT2D eigenvalue weighted by atomic mass is 9.88. The quantitative estimate of drug-likeness (QED) is 0.419. The standard InChI is InChI=1S/C21H22O10S/c1-12-3-7-14(8-4-12)32(28,29)31-20-16(30-2)9-5-13(6-10-17(22)23)19(20)15(21(26)27)11-18(24)25/h3-5,7-9,15H,6,10-11H2,1-2H3,(H,22,23)(H,24,25)(H,26,27)/t15-/m1/s1. The fraction of sp³-hybridized carbons (Fsp3) is 0.286. The number of aryl methyl sites for hydroxylation is 2. The van der Waals surface area contributed by atoms with E-state index < -0.39 is 52.5 Å². The Kier molecular flexibility index (Phi) is 7.82. The molecule has 0 aliphatic carbocycles. The summed E-state index contributed by atoms with van der Waals surface area (Å²) in [5, 5.41) is 27.9. The van der Waals surface area contributed by atoms with Gasteiger partial charge in [0.05, 0.1) is 19.4 Å². The van der Waals surface area contributed by atoms with Crippen LogP contribution in [0.3, 0.4) is 0 Å². The molecule has 3 N–H and O–H groups in total. The second kappa shape index (κ2) is 10.1. The molecule has 0 aliphatic rings. The zero-order valence-electron chi connectivity index (χ0n) is 17.3. The highest BCUT2D eigenvalue weighted by Crippen LogP contribution is 2.42. The first-order valence-corrected chi connectivity index (χ1v) is 10.7. The smallest absolute Gasteiger partial charge is 0.339 e. The van der Waals surface area contributed by atoms with Gasteiger partial charge in [-0.3, -0.25) is 14.4 Å². The molecule has 0 aromatic heterocycles. The second-order valence-electron chi connectivity index (χ2n) is 6.90. The minimum Gasteiger partial charge on any atom is -0.493 e. The van der Waals surface area contributed by atoms with Crippen molar-refractivity contribution in [2.45, 2.75) is 37.0 Å². The molecule has 2 aromatic carbocycles. The van der Waals surface area contributed by atoms with Crippen LogP contribution < -0.4 is 8.92 Å². The molecule has 1 atom stereocenters. The van der Waals surface area contributed by atoms with E-state index in [0.717, 1.165) is 5.56 Å². The van der Waals surface area contributed by atoms with Crippen molar-refractivity contribution in [3.05, 3.63) is 53.1 Å². The molecule has 0 spiro atoms. The monoisotopic (exact) mass is 466 g/mol. The Morgan fingerprint density at radius 2 is 1.59 bits per heavy atom. The minimum atomic E-state index is -4.46. The van der Waals surface area contributed by atoms with Crippen molar-refractivity contribution in [2.24, 2.45) is 0 Å². The first-order valence-electron chi connectivity index (χ1n) is 9.33. The number of ether oxygens (including phenoxy) is 1. The molecule has 2 aromatic rings. The third-order valence-corrected chi connectivity index (χ3v) is 5.84. The summed E-state index contributed by atoms with van der Waals surface area (Å²) in [4.78, 5) is 34.1. The van der Waals surface area contributed by atoms with Crippen LogP contribution in [0, 0.1) is 6.92 Å². The van der Waals surface area contributed by atoms with Crippen LogP contribution in [0.2, 0.25) is 0 Å². The topological polar surface area (TPSA) is 164 Å². The Bertz CT molecular complexity index is 1120. The molecule has 0 bridgehead atoms. The molecule has 10 nitrogen and oxygen atoms in total. The van der Waals surface area contributed by atoms with Crippen LogP contribution in [0.5, 0.6) is 11.5 Å². The minimum absolute atomic E-state index is 0.121. The lowest BCUT2D eigenvalue weighted by Crippen LogP contribution is -2.21. The van der Waals surface area contributed by atoms with Crippen molar-refractivity contribution in [2.75, 3.05) is 7.11 Å². The molecule has 11 heteroatoms. The molecule has 2 rings (SSSR count). The SMILES string of the molecule is COc1ccc(CCC(=O)O)c([C@@H](CC(=O)O)C(=O)O)c1OS(=O)(=O)c1ccc(C)cc1. The number of carbonyl (C=O) groups is 3. The van der Waals surface area contributed by atoms with Gasteiger partial charge in [0, 0.05) is 12.0 Å². The predicted molar refractivity (Wildman–Crippen MR) is 111 cm³/mol. The molecule has 172 valence electrons. The van der Waals surface area contributed by atoms with E-state index in [1.165, 1.54) is 31.4 Å². The summed E-state index contributed by atoms with van der Waals surface area (Å²) < 4.78 is 36.2. The summed E-state index contributed by atoms with van der Waals surface area (Å²) in [5.41, 5.74) is 0.650. The molecule has 0 amide bonds. The molecule has 0 heterocycles. The normalized spacial score (nSPS) is 12.1. The summed E-state index contributed by atoms with van der Waals surface area (Å²) in [6, 6.07) is 8.36. The van der Waals surface area contributed by atoms with Gasteiger partial charge in [0.1, 0.15) is 4.90 Å². The van der Waals surface area contributed by atoms with Crippen LogP contribution >= 0.6 is 0 Å². The van der Waals surface area contributed by atoms with E-state index in [-0.39, 0.29) is 28.2 Å². The lowest BCUT2D eigenvalue weighted by molar-refractivity contribution is -0.145. The lowest BCUT2D eigenvalue weighted by Gasteiger charge is -2.21. The van der Waals surface area contributed by atoms with Crippen LogP contribution in [-0.4, -0.2) is 48.8 Å². The van der Waals surface area contributed by atoms with Gasteiger partial charge in [-0.2, -0.15) is 8.42 Å². The molecular weight excluding hydrogens is 444 g/mol. The summed E-state index contributed by atoms with van der Waals surface area (Å²) >= 11 is 0. The van der Waals surface area contributed by atoms with Crippen molar-refractivity contribution < 1.29 is 47.0 Å². The van der Waals surface area contributed by atoms with Gasteiger partial charge in [-0.15, -0.1) is 0 Å². The highest BCUT2D eigenvalue weighted by atomic mass is 32.2. The van der Waals surface area contributed by atoms with E-state index in [4.69, 9.17) is 14.0 Å². The first-order chi connectivity index (χ1) is 15.0. The van der Waals surface area contributed by atoms with Crippen molar-refractivity contribution in [1.82, 2.24) is 0 Å². The van der Waals surface area contributed by atoms with Crippen molar-refractivity contribution >= 4 is 28.0 Å². The van der Waals surface area contributed by atoms with Gasteiger partial charge in [0.2, 0.25) is 0 Å². The van der Waals surface area contributed by atoms with Gasteiger partial charge in [0.15, 0.2) is 11.5 Å². The van der Waals surface area contributed by atoms with Crippen LogP contribution in [0.15, 0.2) is 41.3 Å². The van der Waals surface area contributed by atoms with Crippen LogP contribution in [0.1, 0.15) is 35.4 Å². The largest absolute Gasteiger partial charge is 0.493 e. The maximum Gasteiger partial charge on any atom is 0.339 e. The number of hydrogen-bond donors (Lipinski definition) is 3. The predicted octanol–water partition coefficient (Wildman–Crippen LogP) is 2.43. The van der Waals surface area contributed by atoms with Crippen LogP contribution in [0.4, 0.5) is 0 Å². The van der Waals surface area contributed by atoms with E-state index in [0.29, 0.717) is 0 Å². The molecule has 0 aliphatic heterocycles. The summed E-state index contributed by atoms with van der Waals surface area (Å²) in [6.45, 7) is 1.76. The molecule has 0 fully saturated rings. The number of hydrogen-bond acceptors (Lipinski definition) is 7. The average Bonchev–Trinajstić information content (AvgIpc) is 2.70. The molecule has 0 saturated carbocycles. The molecule has 32 heavy (non-hydrogen) atoms. The highest BCUT2D eigenvalue weighted by Gasteiger charge is 2.33. The van der Waals surface area contributed by atoms with E-state index >= 15 is 0 Å². The summed E-state index contributed by atoms with van der Waals surface area (Å²) in [5.74, 6) is -6.52. The third kappa shape index (κ3) is 5.97. The van der Waals surface area contributed by atoms with E-state index in [1.807, 2.05) is 0 Å². The first kappa shape index (κ1) is 24.7. The van der Waals surface area contributed by atoms with Gasteiger partial charge in [-0.1, -0.05) is 23.8 Å². The summed E-state index contributed by atoms with van der Waals surface area (Å²) in [7, 11) is -3.25. The maximum atomic E-state index is 12.9. The number of carboxylic acids is 3. The Morgan fingerprint density at radius 3 is 2.09 bits per heavy atom. The fourth-order valence-corrected chi connectivity index (χ4v) is 4.02. The zero-order valence-corrected chi connectivity index (χ0v) is 18.1. The summed E-state index contributed by atoms with van der Waals surface area (Å²) in [6.07, 6.45) is -1.47. The number of aliphatic carboxylic acids is 3. The van der Waals surface area contributed by atoms with Crippen LogP contribution in [-0.2, 0) is 30.9 Å². The average molecular weight is 466 g/mol. The third-order valence-electron chi connectivity index (χ3n) is 4.61. The zero-order chi connectivity index (χ0) is 24.1. The molecule has 0 radical (unpaired) electrons. The number of rotatable bonds is 11. The number of carboxylic acid groups (broad SMARTS) is 3. The second-order valence-corrected chi connectivity index (χ2v) is 8.45. The molecule has 0 unspecified atom stereocenters. The Hall–Kier alpha value is -3.60. The molecule has 0 saturated heterocycles. The maximum absolute atomic E-state index is 12.9. The van der Waals surface area contributed by atoms with Gasteiger partial charge >= 0.3 is 28.0 Å².